The fraction of sp³-hybridized carbons (Fsp3) is 0.833. The van der Waals surface area contributed by atoms with Crippen LogP contribution < -0.4 is 5.32 Å². The molecule has 0 radical (unpaired) electrons. The molecule has 1 saturated heterocycles. The summed E-state index contributed by atoms with van der Waals surface area (Å²) in [6.45, 7) is 6.06. The molecule has 2 amide bonds. The van der Waals surface area contributed by atoms with Gasteiger partial charge in [0.15, 0.2) is 0 Å². The van der Waals surface area contributed by atoms with Gasteiger partial charge >= 0.3 is 12.0 Å². The number of amides is 2. The van der Waals surface area contributed by atoms with Gasteiger partial charge in [0.05, 0.1) is 5.41 Å². The van der Waals surface area contributed by atoms with Gasteiger partial charge in [-0.15, -0.1) is 0 Å². The van der Waals surface area contributed by atoms with E-state index in [1.165, 1.54) is 0 Å². The van der Waals surface area contributed by atoms with Crippen LogP contribution in [-0.4, -0.2) is 54.9 Å². The molecule has 0 aliphatic carbocycles. The van der Waals surface area contributed by atoms with E-state index in [9.17, 15) is 14.7 Å². The largest absolute Gasteiger partial charge is 0.481 e. The highest BCUT2D eigenvalue weighted by atomic mass is 16.5. The zero-order valence-corrected chi connectivity index (χ0v) is 11.1. The summed E-state index contributed by atoms with van der Waals surface area (Å²) < 4.78 is 5.19. The first-order chi connectivity index (χ1) is 8.55. The third-order valence-electron chi connectivity index (χ3n) is 3.53. The molecule has 0 unspecified atom stereocenters. The number of rotatable bonds is 5. The first kappa shape index (κ1) is 14.8. The Morgan fingerprint density at radius 2 is 1.83 bits per heavy atom. The van der Waals surface area contributed by atoms with Crippen LogP contribution in [0.1, 0.15) is 26.7 Å². The Bertz CT molecular complexity index is 296. The van der Waals surface area contributed by atoms with Crippen LogP contribution in [0, 0.1) is 5.41 Å². The summed E-state index contributed by atoms with van der Waals surface area (Å²) in [5, 5.41) is 12.1. The van der Waals surface area contributed by atoms with Crippen LogP contribution in [0.5, 0.6) is 0 Å². The van der Waals surface area contributed by atoms with Crippen LogP contribution in [0.3, 0.4) is 0 Å². The molecular formula is C12H22N2O4. The predicted molar refractivity (Wildman–Crippen MR) is 66.4 cm³/mol. The summed E-state index contributed by atoms with van der Waals surface area (Å²) in [5.74, 6) is -0.856. The lowest BCUT2D eigenvalue weighted by Gasteiger charge is -2.33. The Labute approximate surface area is 107 Å². The standard InChI is InChI=1S/C12H22N2O4/c1-3-14(4-2)11(17)13-9-12(10(15)16)5-7-18-8-6-12/h3-9H2,1-2H3,(H,13,17)(H,15,16). The lowest BCUT2D eigenvalue weighted by Crippen LogP contribution is -2.49. The third kappa shape index (κ3) is 3.35. The molecule has 104 valence electrons. The normalized spacial score (nSPS) is 18.1. The van der Waals surface area contributed by atoms with E-state index in [0.29, 0.717) is 39.1 Å². The number of ether oxygens (including phenoxy) is 1. The Balaban J connectivity index is 2.57. The number of nitrogens with one attached hydrogen (secondary N) is 1. The van der Waals surface area contributed by atoms with E-state index in [4.69, 9.17) is 4.74 Å². The maximum atomic E-state index is 11.8. The van der Waals surface area contributed by atoms with Crippen molar-refractivity contribution in [3.05, 3.63) is 0 Å². The molecule has 0 aromatic carbocycles. The average molecular weight is 258 g/mol. The summed E-state index contributed by atoms with van der Waals surface area (Å²) in [6, 6.07) is -0.202. The summed E-state index contributed by atoms with van der Waals surface area (Å²) in [6.07, 6.45) is 0.891. The van der Waals surface area contributed by atoms with E-state index in [2.05, 4.69) is 5.32 Å². The number of hydrogen-bond donors (Lipinski definition) is 2. The maximum absolute atomic E-state index is 11.8. The molecule has 0 saturated carbocycles. The van der Waals surface area contributed by atoms with E-state index in [-0.39, 0.29) is 12.6 Å². The van der Waals surface area contributed by atoms with Gasteiger partial charge in [-0.25, -0.2) is 4.79 Å². The Hall–Kier alpha value is -1.30. The summed E-state index contributed by atoms with van der Waals surface area (Å²) >= 11 is 0. The number of carboxylic acids is 1. The Morgan fingerprint density at radius 1 is 1.28 bits per heavy atom. The molecule has 1 heterocycles. The van der Waals surface area contributed by atoms with Gasteiger partial charge in [0.2, 0.25) is 0 Å². The van der Waals surface area contributed by atoms with E-state index in [1.807, 2.05) is 13.8 Å². The van der Waals surface area contributed by atoms with Crippen molar-refractivity contribution in [2.45, 2.75) is 26.7 Å². The van der Waals surface area contributed by atoms with Gasteiger partial charge in [-0.1, -0.05) is 0 Å². The topological polar surface area (TPSA) is 78.9 Å². The number of urea groups is 1. The van der Waals surface area contributed by atoms with Crippen LogP contribution in [0.15, 0.2) is 0 Å². The van der Waals surface area contributed by atoms with E-state index in [0.717, 1.165) is 0 Å². The number of hydrogen-bond acceptors (Lipinski definition) is 3. The number of carbonyl (C=O) groups excluding carboxylic acids is 1. The second-order valence-corrected chi connectivity index (χ2v) is 4.53. The van der Waals surface area contributed by atoms with Crippen molar-refractivity contribution in [2.24, 2.45) is 5.41 Å². The third-order valence-corrected chi connectivity index (χ3v) is 3.53. The molecule has 6 heteroatoms. The lowest BCUT2D eigenvalue weighted by molar-refractivity contribution is -0.154. The average Bonchev–Trinajstić information content (AvgIpc) is 2.38. The molecule has 2 N–H and O–H groups in total. The molecule has 18 heavy (non-hydrogen) atoms. The lowest BCUT2D eigenvalue weighted by atomic mass is 9.80. The molecular weight excluding hydrogens is 236 g/mol. The summed E-state index contributed by atoms with van der Waals surface area (Å²) in [7, 11) is 0. The van der Waals surface area contributed by atoms with Crippen molar-refractivity contribution < 1.29 is 19.4 Å². The minimum Gasteiger partial charge on any atom is -0.481 e. The van der Waals surface area contributed by atoms with Crippen molar-refractivity contribution in [1.82, 2.24) is 10.2 Å². The maximum Gasteiger partial charge on any atom is 0.317 e. The zero-order chi connectivity index (χ0) is 13.6. The molecule has 0 spiro atoms. The highest BCUT2D eigenvalue weighted by Crippen LogP contribution is 2.30. The highest BCUT2D eigenvalue weighted by Gasteiger charge is 2.40. The SMILES string of the molecule is CCN(CC)C(=O)NCC1(C(=O)O)CCOCC1. The summed E-state index contributed by atoms with van der Waals surface area (Å²) in [4.78, 5) is 24.8. The number of nitrogens with zero attached hydrogens (tertiary/aromatic N) is 1. The van der Waals surface area contributed by atoms with Crippen LogP contribution in [0.2, 0.25) is 0 Å². The van der Waals surface area contributed by atoms with Gasteiger partial charge in [0, 0.05) is 32.8 Å². The second kappa shape index (κ2) is 6.58. The molecule has 1 fully saturated rings. The molecule has 6 nitrogen and oxygen atoms in total. The second-order valence-electron chi connectivity index (χ2n) is 4.53. The first-order valence-electron chi connectivity index (χ1n) is 6.39. The van der Waals surface area contributed by atoms with Crippen LogP contribution in [0.25, 0.3) is 0 Å². The zero-order valence-electron chi connectivity index (χ0n) is 11.1. The van der Waals surface area contributed by atoms with Gasteiger partial charge in [0.1, 0.15) is 0 Å². The number of aliphatic carboxylic acids is 1. The number of carboxylic acid groups (broad SMARTS) is 1. The molecule has 0 atom stereocenters. The van der Waals surface area contributed by atoms with E-state index in [1.54, 1.807) is 4.90 Å². The van der Waals surface area contributed by atoms with Crippen LogP contribution in [0.4, 0.5) is 4.79 Å². The van der Waals surface area contributed by atoms with Gasteiger partial charge in [-0.2, -0.15) is 0 Å². The molecule has 1 rings (SSSR count). The van der Waals surface area contributed by atoms with Crippen molar-refractivity contribution in [2.75, 3.05) is 32.8 Å². The van der Waals surface area contributed by atoms with Gasteiger partial charge < -0.3 is 20.1 Å². The highest BCUT2D eigenvalue weighted by molar-refractivity contribution is 5.78. The smallest absolute Gasteiger partial charge is 0.317 e. The Morgan fingerprint density at radius 3 is 2.28 bits per heavy atom. The molecule has 1 aliphatic heterocycles. The molecule has 0 bridgehead atoms. The quantitative estimate of drug-likeness (QED) is 0.768. The van der Waals surface area contributed by atoms with Crippen molar-refractivity contribution in [3.63, 3.8) is 0 Å². The fourth-order valence-electron chi connectivity index (χ4n) is 2.10. The van der Waals surface area contributed by atoms with Gasteiger partial charge in [-0.3, -0.25) is 4.79 Å². The predicted octanol–water partition coefficient (Wildman–Crippen LogP) is 0.919. The number of carbonyl (C=O) groups is 2. The monoisotopic (exact) mass is 258 g/mol. The molecule has 0 aromatic rings. The van der Waals surface area contributed by atoms with E-state index < -0.39 is 11.4 Å². The van der Waals surface area contributed by atoms with Gasteiger partial charge in [-0.05, 0) is 26.7 Å². The molecule has 0 aromatic heterocycles. The molecule has 1 aliphatic rings. The first-order valence-corrected chi connectivity index (χ1v) is 6.39. The van der Waals surface area contributed by atoms with E-state index >= 15 is 0 Å². The van der Waals surface area contributed by atoms with Crippen LogP contribution in [-0.2, 0) is 9.53 Å². The minimum atomic E-state index is -0.874. The van der Waals surface area contributed by atoms with Crippen molar-refractivity contribution >= 4 is 12.0 Å². The van der Waals surface area contributed by atoms with Crippen molar-refractivity contribution in [1.29, 1.82) is 0 Å². The fourth-order valence-corrected chi connectivity index (χ4v) is 2.10. The van der Waals surface area contributed by atoms with Crippen molar-refractivity contribution in [3.8, 4) is 0 Å². The minimum absolute atomic E-state index is 0.168. The Kier molecular flexibility index (Phi) is 5.40. The summed E-state index contributed by atoms with van der Waals surface area (Å²) in [5.41, 5.74) is -0.874. The van der Waals surface area contributed by atoms with Crippen LogP contribution >= 0.6 is 0 Å². The van der Waals surface area contributed by atoms with Gasteiger partial charge in [0.25, 0.3) is 0 Å².